The van der Waals surface area contributed by atoms with E-state index in [0.717, 1.165) is 16.7 Å². The minimum Gasteiger partial charge on any atom is -0.478 e. The molecule has 1 aromatic rings. The van der Waals surface area contributed by atoms with Crippen LogP contribution in [0.25, 0.3) is 0 Å². The maximum atomic E-state index is 10.8. The van der Waals surface area contributed by atoms with Crippen LogP contribution >= 0.6 is 0 Å². The molecular formula is C10H12O2Tl. The second kappa shape index (κ2) is 4.74. The Bertz CT molecular complexity index is 332. The molecule has 0 unspecified atom stereocenters. The van der Waals surface area contributed by atoms with Gasteiger partial charge in [-0.1, -0.05) is 12.1 Å². The van der Waals surface area contributed by atoms with E-state index in [4.69, 9.17) is 5.11 Å². The van der Waals surface area contributed by atoms with Gasteiger partial charge in [-0.05, 0) is 37.5 Å². The second-order valence-corrected chi connectivity index (χ2v) is 3.00. The Morgan fingerprint density at radius 2 is 1.62 bits per heavy atom. The van der Waals surface area contributed by atoms with Crippen LogP contribution in [0.2, 0.25) is 0 Å². The van der Waals surface area contributed by atoms with Gasteiger partial charge in [-0.15, -0.1) is 0 Å². The van der Waals surface area contributed by atoms with Crippen molar-refractivity contribution in [2.45, 2.75) is 20.8 Å². The molecule has 0 aliphatic carbocycles. The third-order valence-corrected chi connectivity index (χ3v) is 2.16. The van der Waals surface area contributed by atoms with Crippen LogP contribution in [0, 0.1) is 20.8 Å². The molecule has 0 aliphatic heterocycles. The first-order chi connectivity index (χ1) is 5.54. The Kier molecular flexibility index (Phi) is 4.60. The molecule has 0 spiro atoms. The maximum absolute atomic E-state index is 10.8. The molecule has 3 heteroatoms. The van der Waals surface area contributed by atoms with Crippen molar-refractivity contribution in [1.29, 1.82) is 0 Å². The van der Waals surface area contributed by atoms with Gasteiger partial charge in [0.2, 0.25) is 0 Å². The second-order valence-electron chi connectivity index (χ2n) is 3.00. The molecule has 1 aromatic carbocycles. The van der Waals surface area contributed by atoms with Gasteiger partial charge in [0.15, 0.2) is 0 Å². The Morgan fingerprint density at radius 3 is 2.00 bits per heavy atom. The average molecular weight is 369 g/mol. The van der Waals surface area contributed by atoms with Crippen LogP contribution in [-0.2, 0) is 0 Å². The molecule has 0 heterocycles. The summed E-state index contributed by atoms with van der Waals surface area (Å²) in [5.41, 5.74) is 3.15. The van der Waals surface area contributed by atoms with E-state index in [1.54, 1.807) is 0 Å². The van der Waals surface area contributed by atoms with Crippen LogP contribution in [0.5, 0.6) is 0 Å². The number of carboxylic acids is 1. The average Bonchev–Trinajstić information content (AvgIpc) is 1.97. The van der Waals surface area contributed by atoms with E-state index < -0.39 is 5.97 Å². The van der Waals surface area contributed by atoms with Crippen molar-refractivity contribution in [3.8, 4) is 0 Å². The van der Waals surface area contributed by atoms with Crippen molar-refractivity contribution in [3.05, 3.63) is 34.4 Å². The number of carboxylic acid groups (broad SMARTS) is 1. The van der Waals surface area contributed by atoms with Gasteiger partial charge in [-0.25, -0.2) is 4.79 Å². The monoisotopic (exact) mass is 369 g/mol. The third kappa shape index (κ3) is 2.53. The molecule has 67 valence electrons. The summed E-state index contributed by atoms with van der Waals surface area (Å²) in [6.07, 6.45) is 0. The number of rotatable bonds is 1. The first kappa shape index (κ1) is 12.6. The van der Waals surface area contributed by atoms with Gasteiger partial charge in [0.1, 0.15) is 0 Å². The van der Waals surface area contributed by atoms with Crippen LogP contribution in [0.4, 0.5) is 0 Å². The van der Waals surface area contributed by atoms with E-state index in [1.807, 2.05) is 32.9 Å². The standard InChI is InChI=1S/C10H12O2.Tl/c1-6-4-5-7(2)9(8(6)3)10(11)12;/h4-5H,1-3H3,(H,11,12);. The molecule has 0 atom stereocenters. The Labute approximate surface area is 98.1 Å². The molecule has 0 saturated heterocycles. The van der Waals surface area contributed by atoms with Crippen molar-refractivity contribution in [1.82, 2.24) is 0 Å². The molecule has 1 radical (unpaired) electrons. The summed E-state index contributed by atoms with van der Waals surface area (Å²) in [5, 5.41) is 8.87. The molecule has 13 heavy (non-hydrogen) atoms. The fraction of sp³-hybridized carbons (Fsp3) is 0.300. The predicted molar refractivity (Wildman–Crippen MR) is 53.4 cm³/mol. The smallest absolute Gasteiger partial charge is 0.336 e. The first-order valence-corrected chi connectivity index (χ1v) is 3.84. The van der Waals surface area contributed by atoms with Crippen LogP contribution in [-0.4, -0.2) is 38.4 Å². The molecule has 0 aliphatic rings. The van der Waals surface area contributed by atoms with Crippen LogP contribution in [0.1, 0.15) is 27.0 Å². The zero-order valence-corrected chi connectivity index (χ0v) is 12.6. The fourth-order valence-corrected chi connectivity index (χ4v) is 1.28. The number of hydrogen-bond donors (Lipinski definition) is 1. The summed E-state index contributed by atoms with van der Waals surface area (Å²) in [6, 6.07) is 3.78. The summed E-state index contributed by atoms with van der Waals surface area (Å²) >= 11 is 0. The minimum atomic E-state index is -0.839. The fourth-order valence-electron chi connectivity index (χ4n) is 1.28. The molecule has 1 rings (SSSR count). The summed E-state index contributed by atoms with van der Waals surface area (Å²) in [6.45, 7) is 5.57. The van der Waals surface area contributed by atoms with Gasteiger partial charge >= 0.3 is 5.97 Å². The molecule has 0 fully saturated rings. The first-order valence-electron chi connectivity index (χ1n) is 3.84. The van der Waals surface area contributed by atoms with Crippen molar-refractivity contribution < 1.29 is 9.90 Å². The number of carbonyl (C=O) groups is 1. The third-order valence-electron chi connectivity index (χ3n) is 2.16. The Hall–Kier alpha value is -0.388. The summed E-state index contributed by atoms with van der Waals surface area (Å²) in [5.74, 6) is -0.839. The van der Waals surface area contributed by atoms with Gasteiger partial charge in [0, 0.05) is 27.3 Å². The molecule has 0 amide bonds. The summed E-state index contributed by atoms with van der Waals surface area (Å²) in [4.78, 5) is 10.8. The minimum absolute atomic E-state index is 0. The zero-order valence-electron chi connectivity index (χ0n) is 8.09. The van der Waals surface area contributed by atoms with Gasteiger partial charge in [-0.3, -0.25) is 0 Å². The number of aryl methyl sites for hydroxylation is 2. The van der Waals surface area contributed by atoms with Gasteiger partial charge in [0.05, 0.1) is 5.56 Å². The summed E-state index contributed by atoms with van der Waals surface area (Å²) in [7, 11) is 0. The van der Waals surface area contributed by atoms with Gasteiger partial charge < -0.3 is 5.11 Å². The van der Waals surface area contributed by atoms with E-state index in [0.29, 0.717) is 5.56 Å². The van der Waals surface area contributed by atoms with Crippen LogP contribution in [0.3, 0.4) is 0 Å². The Balaban J connectivity index is 0.00000144. The van der Waals surface area contributed by atoms with Crippen molar-refractivity contribution in [2.75, 3.05) is 0 Å². The molecule has 0 saturated carbocycles. The summed E-state index contributed by atoms with van der Waals surface area (Å²) < 4.78 is 0. The van der Waals surface area contributed by atoms with E-state index in [2.05, 4.69) is 0 Å². The van der Waals surface area contributed by atoms with E-state index in [-0.39, 0.29) is 27.3 Å². The SMILES string of the molecule is Cc1ccc(C)c(C(=O)O)c1C.[Tl]. The van der Waals surface area contributed by atoms with Crippen molar-refractivity contribution in [2.24, 2.45) is 0 Å². The van der Waals surface area contributed by atoms with Crippen molar-refractivity contribution >= 4 is 33.3 Å². The van der Waals surface area contributed by atoms with Crippen LogP contribution in [0.15, 0.2) is 12.1 Å². The molecule has 2 nitrogen and oxygen atoms in total. The normalized spacial score (nSPS) is 9.15. The number of hydrogen-bond acceptors (Lipinski definition) is 1. The molecular weight excluding hydrogens is 356 g/mol. The van der Waals surface area contributed by atoms with Gasteiger partial charge in [0.25, 0.3) is 0 Å². The topological polar surface area (TPSA) is 37.3 Å². The molecule has 0 bridgehead atoms. The Morgan fingerprint density at radius 1 is 1.15 bits per heavy atom. The molecule has 0 aromatic heterocycles. The number of benzene rings is 1. The largest absolute Gasteiger partial charge is 0.478 e. The van der Waals surface area contributed by atoms with Gasteiger partial charge in [-0.2, -0.15) is 0 Å². The zero-order chi connectivity index (χ0) is 9.30. The number of aromatic carboxylic acids is 1. The van der Waals surface area contributed by atoms with E-state index in [9.17, 15) is 4.79 Å². The van der Waals surface area contributed by atoms with Crippen LogP contribution < -0.4 is 0 Å². The van der Waals surface area contributed by atoms with E-state index in [1.165, 1.54) is 0 Å². The predicted octanol–water partition coefficient (Wildman–Crippen LogP) is 1.93. The quantitative estimate of drug-likeness (QED) is 0.769. The molecule has 1 N–H and O–H groups in total. The maximum Gasteiger partial charge on any atom is 0.336 e. The van der Waals surface area contributed by atoms with E-state index >= 15 is 0 Å². The van der Waals surface area contributed by atoms with Crippen molar-refractivity contribution in [3.63, 3.8) is 0 Å².